The number of allylic oxidation sites excluding steroid dienone is 4. The van der Waals surface area contributed by atoms with Crippen molar-refractivity contribution in [1.29, 1.82) is 0 Å². The maximum Gasteiger partial charge on any atom is 0.174 e. The summed E-state index contributed by atoms with van der Waals surface area (Å²) in [6.45, 7) is 7.73. The number of ketones is 1. The molecule has 0 aromatic heterocycles. The molecular weight excluding hydrogens is 396 g/mol. The molecule has 4 N–H and O–H groups in total. The smallest absolute Gasteiger partial charge is 0.174 e. The van der Waals surface area contributed by atoms with Crippen LogP contribution >= 0.6 is 0 Å². The zero-order valence-corrected chi connectivity index (χ0v) is 18.2. The van der Waals surface area contributed by atoms with Gasteiger partial charge in [0, 0.05) is 23.3 Å². The minimum absolute atomic E-state index is 0.0363. The van der Waals surface area contributed by atoms with E-state index in [1.807, 2.05) is 39.8 Å². The molecule has 6 heteroatoms. The molecule has 0 saturated heterocycles. The minimum atomic E-state index is -0.822. The molecule has 1 atom stereocenters. The van der Waals surface area contributed by atoms with Gasteiger partial charge in [0.15, 0.2) is 5.78 Å². The van der Waals surface area contributed by atoms with Crippen molar-refractivity contribution >= 4 is 5.78 Å². The van der Waals surface area contributed by atoms with Crippen LogP contribution in [0.25, 0.3) is 0 Å². The van der Waals surface area contributed by atoms with Gasteiger partial charge >= 0.3 is 0 Å². The molecule has 6 nitrogen and oxygen atoms in total. The van der Waals surface area contributed by atoms with E-state index >= 15 is 0 Å². The molecule has 2 aromatic rings. The van der Waals surface area contributed by atoms with Crippen molar-refractivity contribution in [3.8, 4) is 28.7 Å². The van der Waals surface area contributed by atoms with Gasteiger partial charge in [-0.05, 0) is 52.2 Å². The average molecular weight is 424 g/mol. The molecule has 3 rings (SSSR count). The fourth-order valence-electron chi connectivity index (χ4n) is 3.58. The van der Waals surface area contributed by atoms with Gasteiger partial charge < -0.3 is 25.2 Å². The number of hydrogen-bond donors (Lipinski definition) is 4. The number of ether oxygens (including phenoxy) is 1. The second-order valence-electron chi connectivity index (χ2n) is 8.34. The molecule has 1 aliphatic rings. The molecule has 0 amide bonds. The standard InChI is InChI=1S/C25H28O6/c1-13(2)5-7-15-9-17(20(28)10-18(15)26)23-12-22(30)24-21(29)11-19(27)16(25(24)31-23)8-6-14(3)4/h5-6,9-11,23,26-29H,7-8,12H2,1-4H3/t23-/m1/s1. The lowest BCUT2D eigenvalue weighted by Gasteiger charge is -2.29. The van der Waals surface area contributed by atoms with Crippen LogP contribution in [0.15, 0.2) is 41.5 Å². The zero-order valence-electron chi connectivity index (χ0n) is 18.2. The first-order valence-electron chi connectivity index (χ1n) is 10.2. The molecular formula is C25H28O6. The number of Topliss-reactive ketones (excluding diaryl/α,β-unsaturated/α-hetero) is 1. The van der Waals surface area contributed by atoms with Crippen molar-refractivity contribution < 1.29 is 30.0 Å². The van der Waals surface area contributed by atoms with Crippen LogP contribution in [0.3, 0.4) is 0 Å². The van der Waals surface area contributed by atoms with E-state index in [0.29, 0.717) is 29.5 Å². The van der Waals surface area contributed by atoms with Crippen molar-refractivity contribution in [2.24, 2.45) is 0 Å². The Kier molecular flexibility index (Phi) is 6.29. The van der Waals surface area contributed by atoms with Crippen LogP contribution in [0, 0.1) is 0 Å². The third kappa shape index (κ3) is 4.68. The summed E-state index contributed by atoms with van der Waals surface area (Å²) in [6.07, 6.45) is 3.72. The van der Waals surface area contributed by atoms with E-state index in [-0.39, 0.29) is 46.5 Å². The Morgan fingerprint density at radius 2 is 1.52 bits per heavy atom. The first-order chi connectivity index (χ1) is 14.6. The Balaban J connectivity index is 2.08. The van der Waals surface area contributed by atoms with Crippen molar-refractivity contribution in [3.63, 3.8) is 0 Å². The topological polar surface area (TPSA) is 107 Å². The van der Waals surface area contributed by atoms with E-state index in [1.54, 1.807) is 6.07 Å². The average Bonchev–Trinajstić information content (AvgIpc) is 2.66. The third-order valence-corrected chi connectivity index (χ3v) is 5.27. The molecule has 1 heterocycles. The van der Waals surface area contributed by atoms with Crippen molar-refractivity contribution in [2.75, 3.05) is 0 Å². The summed E-state index contributed by atoms with van der Waals surface area (Å²) in [5.74, 6) is -0.955. The molecule has 0 bridgehead atoms. The van der Waals surface area contributed by atoms with Gasteiger partial charge in [-0.2, -0.15) is 0 Å². The zero-order chi connectivity index (χ0) is 22.9. The van der Waals surface area contributed by atoms with Crippen molar-refractivity contribution in [2.45, 2.75) is 53.1 Å². The molecule has 1 aliphatic heterocycles. The van der Waals surface area contributed by atoms with Crippen molar-refractivity contribution in [1.82, 2.24) is 0 Å². The number of phenols is 4. The Morgan fingerprint density at radius 1 is 0.903 bits per heavy atom. The third-order valence-electron chi connectivity index (χ3n) is 5.27. The maximum absolute atomic E-state index is 12.9. The second-order valence-corrected chi connectivity index (χ2v) is 8.34. The molecule has 0 saturated carbocycles. The van der Waals surface area contributed by atoms with Gasteiger partial charge in [0.05, 0.1) is 6.42 Å². The lowest BCUT2D eigenvalue weighted by atomic mass is 9.91. The Morgan fingerprint density at radius 3 is 2.16 bits per heavy atom. The van der Waals surface area contributed by atoms with E-state index in [1.165, 1.54) is 6.07 Å². The minimum Gasteiger partial charge on any atom is -0.508 e. The number of rotatable bonds is 5. The molecule has 0 unspecified atom stereocenters. The first-order valence-corrected chi connectivity index (χ1v) is 10.2. The number of benzene rings is 2. The predicted octanol–water partition coefficient (Wildman–Crippen LogP) is 5.23. The maximum atomic E-state index is 12.9. The van der Waals surface area contributed by atoms with Crippen LogP contribution in [0.2, 0.25) is 0 Å². The molecule has 0 aliphatic carbocycles. The lowest BCUT2D eigenvalue weighted by Crippen LogP contribution is -2.22. The van der Waals surface area contributed by atoms with Gasteiger partial charge in [-0.25, -0.2) is 0 Å². The monoisotopic (exact) mass is 424 g/mol. The highest BCUT2D eigenvalue weighted by atomic mass is 16.5. The van der Waals surface area contributed by atoms with E-state index in [9.17, 15) is 25.2 Å². The highest BCUT2D eigenvalue weighted by molar-refractivity contribution is 6.03. The molecule has 0 fully saturated rings. The van der Waals surface area contributed by atoms with Crippen LogP contribution in [0.1, 0.15) is 67.3 Å². The summed E-state index contributed by atoms with van der Waals surface area (Å²) in [7, 11) is 0. The fraction of sp³-hybridized carbons (Fsp3) is 0.320. The van der Waals surface area contributed by atoms with E-state index in [4.69, 9.17) is 4.74 Å². The summed E-state index contributed by atoms with van der Waals surface area (Å²) in [6, 6.07) is 4.03. The van der Waals surface area contributed by atoms with Gasteiger partial charge in [0.2, 0.25) is 0 Å². The van der Waals surface area contributed by atoms with E-state index < -0.39 is 6.10 Å². The summed E-state index contributed by atoms with van der Waals surface area (Å²) in [4.78, 5) is 12.9. The summed E-state index contributed by atoms with van der Waals surface area (Å²) >= 11 is 0. The normalized spacial score (nSPS) is 15.1. The van der Waals surface area contributed by atoms with E-state index in [0.717, 1.165) is 17.2 Å². The number of aromatic hydroxyl groups is 4. The second kappa shape index (κ2) is 8.76. The Hall–Kier alpha value is -3.41. The van der Waals surface area contributed by atoms with Crippen LogP contribution in [0.4, 0.5) is 0 Å². The lowest BCUT2D eigenvalue weighted by molar-refractivity contribution is 0.0839. The van der Waals surface area contributed by atoms with Crippen LogP contribution in [-0.4, -0.2) is 26.2 Å². The van der Waals surface area contributed by atoms with Gasteiger partial charge in [0.25, 0.3) is 0 Å². The number of carbonyl (C=O) groups is 1. The molecule has 31 heavy (non-hydrogen) atoms. The predicted molar refractivity (Wildman–Crippen MR) is 118 cm³/mol. The van der Waals surface area contributed by atoms with Crippen molar-refractivity contribution in [3.05, 3.63) is 63.8 Å². The van der Waals surface area contributed by atoms with Gasteiger partial charge in [-0.15, -0.1) is 0 Å². The van der Waals surface area contributed by atoms with Gasteiger partial charge in [0.1, 0.15) is 40.4 Å². The number of carbonyl (C=O) groups excluding carboxylic acids is 1. The highest BCUT2D eigenvalue weighted by Crippen LogP contribution is 2.47. The van der Waals surface area contributed by atoms with E-state index in [2.05, 4.69) is 0 Å². The van der Waals surface area contributed by atoms with Crippen LogP contribution in [-0.2, 0) is 12.8 Å². The molecule has 2 aromatic carbocycles. The fourth-order valence-corrected chi connectivity index (χ4v) is 3.58. The molecule has 0 spiro atoms. The first kappa shape index (κ1) is 22.3. The SMILES string of the molecule is CC(C)=CCc1cc([C@H]2CC(=O)c3c(O)cc(O)c(CC=C(C)C)c3O2)c(O)cc1O. The van der Waals surface area contributed by atoms with Crippen LogP contribution < -0.4 is 4.74 Å². The largest absolute Gasteiger partial charge is 0.508 e. The van der Waals surface area contributed by atoms with Gasteiger partial charge in [-0.1, -0.05) is 23.3 Å². The summed E-state index contributed by atoms with van der Waals surface area (Å²) in [5, 5.41) is 41.3. The highest BCUT2D eigenvalue weighted by Gasteiger charge is 2.34. The Bertz CT molecular complexity index is 1090. The number of hydrogen-bond acceptors (Lipinski definition) is 6. The van der Waals surface area contributed by atoms with Gasteiger partial charge in [-0.3, -0.25) is 4.79 Å². The summed E-state index contributed by atoms with van der Waals surface area (Å²) in [5.41, 5.74) is 3.51. The summed E-state index contributed by atoms with van der Waals surface area (Å²) < 4.78 is 6.09. The van der Waals surface area contributed by atoms with Crippen LogP contribution in [0.5, 0.6) is 28.7 Å². The number of phenolic OH excluding ortho intramolecular Hbond substituents is 4. The quantitative estimate of drug-likeness (QED) is 0.490. The molecule has 0 radical (unpaired) electrons. The number of fused-ring (bicyclic) bond motifs is 1. The Labute approximate surface area is 181 Å². The molecule has 164 valence electrons.